The fourth-order valence-electron chi connectivity index (χ4n) is 6.60. The molecule has 6 aromatic carbocycles. The molecule has 39 heavy (non-hydrogen) atoms. The smallest absolute Gasteiger partial charge is 0.0663 e. The minimum absolute atomic E-state index is 0.889. The number of rotatable bonds is 2. The molecule has 0 amide bonds. The zero-order chi connectivity index (χ0) is 25.5. The lowest BCUT2D eigenvalue weighted by atomic mass is 10.0. The number of aliphatic imine (C=N–C) groups is 1. The van der Waals surface area contributed by atoms with E-state index in [1.165, 1.54) is 71.3 Å². The Labute approximate surface area is 224 Å². The molecule has 0 N–H and O–H groups in total. The first-order chi connectivity index (χ1) is 19.3. The molecule has 1 aliphatic rings. The molecule has 0 fully saturated rings. The molecule has 0 unspecified atom stereocenters. The third-order valence-corrected chi connectivity index (χ3v) is 8.32. The Hall–Kier alpha value is -5.15. The summed E-state index contributed by atoms with van der Waals surface area (Å²) in [5, 5.41) is 7.62. The predicted octanol–water partition coefficient (Wildman–Crippen LogP) is 9.29. The molecule has 0 radical (unpaired) electrons. The van der Waals surface area contributed by atoms with Gasteiger partial charge in [0.25, 0.3) is 0 Å². The van der Waals surface area contributed by atoms with Gasteiger partial charge in [0, 0.05) is 50.9 Å². The van der Waals surface area contributed by atoms with Crippen molar-refractivity contribution in [2.75, 3.05) is 0 Å². The molecular formula is C36H23N3. The highest BCUT2D eigenvalue weighted by atomic mass is 15.0. The number of nitrogens with zero attached hydrogens (tertiary/aromatic N) is 3. The van der Waals surface area contributed by atoms with Gasteiger partial charge in [-0.25, -0.2) is 0 Å². The molecule has 3 heterocycles. The van der Waals surface area contributed by atoms with Crippen molar-refractivity contribution >= 4 is 66.3 Å². The van der Waals surface area contributed by atoms with Gasteiger partial charge in [0.15, 0.2) is 0 Å². The van der Waals surface area contributed by atoms with E-state index in [1.807, 2.05) is 6.21 Å². The van der Waals surface area contributed by atoms with Crippen LogP contribution in [0.25, 0.3) is 65.8 Å². The van der Waals surface area contributed by atoms with E-state index in [-0.39, 0.29) is 0 Å². The van der Waals surface area contributed by atoms with Crippen LogP contribution in [0.15, 0.2) is 126 Å². The van der Waals surface area contributed by atoms with Crippen molar-refractivity contribution in [1.29, 1.82) is 0 Å². The van der Waals surface area contributed by atoms with Crippen LogP contribution in [0.3, 0.4) is 0 Å². The Balaban J connectivity index is 1.48. The van der Waals surface area contributed by atoms with Crippen molar-refractivity contribution in [3.8, 4) is 11.4 Å². The van der Waals surface area contributed by atoms with Gasteiger partial charge in [-0.2, -0.15) is 0 Å². The van der Waals surface area contributed by atoms with Crippen LogP contribution in [0.1, 0.15) is 5.56 Å². The summed E-state index contributed by atoms with van der Waals surface area (Å²) in [4.78, 5) is 4.54. The molecule has 8 aromatic rings. The second-order valence-corrected chi connectivity index (χ2v) is 10.4. The van der Waals surface area contributed by atoms with Gasteiger partial charge in [0.05, 0.1) is 27.8 Å². The van der Waals surface area contributed by atoms with Crippen LogP contribution in [-0.4, -0.2) is 15.3 Å². The molecule has 3 heteroatoms. The summed E-state index contributed by atoms with van der Waals surface area (Å²) in [6.45, 7) is 0. The Bertz CT molecular complexity index is 2300. The Morgan fingerprint density at radius 2 is 1.26 bits per heavy atom. The lowest BCUT2D eigenvalue weighted by molar-refractivity contribution is 1.16. The van der Waals surface area contributed by atoms with E-state index in [4.69, 9.17) is 0 Å². The molecule has 0 aliphatic carbocycles. The van der Waals surface area contributed by atoms with Crippen molar-refractivity contribution in [3.05, 3.63) is 127 Å². The quantitative estimate of drug-likeness (QED) is 0.227. The van der Waals surface area contributed by atoms with E-state index >= 15 is 0 Å². The monoisotopic (exact) mass is 497 g/mol. The number of benzene rings is 6. The van der Waals surface area contributed by atoms with Crippen molar-refractivity contribution in [2.24, 2.45) is 4.99 Å². The maximum absolute atomic E-state index is 4.54. The third-order valence-electron chi connectivity index (χ3n) is 8.32. The summed E-state index contributed by atoms with van der Waals surface area (Å²) >= 11 is 0. The minimum Gasteiger partial charge on any atom is -0.309 e. The lowest BCUT2D eigenvalue weighted by Gasteiger charge is -2.11. The van der Waals surface area contributed by atoms with E-state index in [2.05, 4.69) is 135 Å². The Morgan fingerprint density at radius 3 is 2.18 bits per heavy atom. The van der Waals surface area contributed by atoms with Gasteiger partial charge in [-0.05, 0) is 59.5 Å². The van der Waals surface area contributed by atoms with Gasteiger partial charge < -0.3 is 9.13 Å². The summed E-state index contributed by atoms with van der Waals surface area (Å²) in [6.07, 6.45) is 2.90. The lowest BCUT2D eigenvalue weighted by Crippen LogP contribution is -1.96. The first-order valence-electron chi connectivity index (χ1n) is 13.5. The van der Waals surface area contributed by atoms with Crippen LogP contribution in [0.2, 0.25) is 0 Å². The molecule has 0 atom stereocenters. The van der Waals surface area contributed by atoms with Gasteiger partial charge in [0.1, 0.15) is 0 Å². The molecule has 1 aliphatic heterocycles. The summed E-state index contributed by atoms with van der Waals surface area (Å²) < 4.78 is 4.87. The minimum atomic E-state index is 0.889. The molecule has 9 rings (SSSR count). The van der Waals surface area contributed by atoms with Crippen LogP contribution in [0, 0.1) is 0 Å². The molecular weight excluding hydrogens is 474 g/mol. The first kappa shape index (κ1) is 20.9. The van der Waals surface area contributed by atoms with Crippen LogP contribution in [-0.2, 0) is 6.42 Å². The second kappa shape index (κ2) is 7.68. The van der Waals surface area contributed by atoms with Crippen molar-refractivity contribution in [1.82, 2.24) is 9.13 Å². The van der Waals surface area contributed by atoms with E-state index in [9.17, 15) is 0 Å². The molecule has 0 saturated carbocycles. The molecule has 2 aromatic heterocycles. The van der Waals surface area contributed by atoms with Crippen LogP contribution in [0.4, 0.5) is 5.69 Å². The third kappa shape index (κ3) is 2.84. The summed E-state index contributed by atoms with van der Waals surface area (Å²) in [5.41, 5.74) is 9.62. The zero-order valence-electron chi connectivity index (χ0n) is 21.2. The first-order valence-corrected chi connectivity index (χ1v) is 13.5. The normalized spacial score (nSPS) is 12.9. The van der Waals surface area contributed by atoms with Gasteiger partial charge >= 0.3 is 0 Å². The van der Waals surface area contributed by atoms with Crippen LogP contribution < -0.4 is 0 Å². The Morgan fingerprint density at radius 1 is 0.487 bits per heavy atom. The summed E-state index contributed by atoms with van der Waals surface area (Å²) in [5.74, 6) is 0. The van der Waals surface area contributed by atoms with Crippen molar-refractivity contribution in [3.63, 3.8) is 0 Å². The number of hydrogen-bond acceptors (Lipinski definition) is 1. The molecule has 0 saturated heterocycles. The van der Waals surface area contributed by atoms with Crippen LogP contribution >= 0.6 is 0 Å². The largest absolute Gasteiger partial charge is 0.309 e. The molecule has 0 spiro atoms. The van der Waals surface area contributed by atoms with Crippen LogP contribution in [0.5, 0.6) is 0 Å². The predicted molar refractivity (Wildman–Crippen MR) is 164 cm³/mol. The SMILES string of the molecule is C1=Nc2ccc(-n3c4ccccc4c4cc5c6ccc7ccccc7c6n(-c6ccccc6)c5cc43)cc2C1. The highest BCUT2D eigenvalue weighted by molar-refractivity contribution is 6.23. The van der Waals surface area contributed by atoms with E-state index in [0.717, 1.165) is 12.1 Å². The Kier molecular flexibility index (Phi) is 4.11. The van der Waals surface area contributed by atoms with Gasteiger partial charge in [0.2, 0.25) is 0 Å². The van der Waals surface area contributed by atoms with Crippen molar-refractivity contribution in [2.45, 2.75) is 6.42 Å². The molecule has 182 valence electrons. The van der Waals surface area contributed by atoms with Crippen molar-refractivity contribution < 1.29 is 0 Å². The highest BCUT2D eigenvalue weighted by Gasteiger charge is 2.20. The standard InChI is InChI=1S/C36H23N3/c1-2-9-25(10-3-1)39-35-22-34-30(21-31(35)29-16-14-23-8-4-5-11-27(23)36(29)39)28-12-6-7-13-33(28)38(34)26-15-17-32-24(20-26)18-19-37-32/h1-17,19-22H,18H2. The van der Waals surface area contributed by atoms with E-state index < -0.39 is 0 Å². The summed E-state index contributed by atoms with van der Waals surface area (Å²) in [7, 11) is 0. The highest BCUT2D eigenvalue weighted by Crippen LogP contribution is 2.42. The average Bonchev–Trinajstić information content (AvgIpc) is 3.68. The topological polar surface area (TPSA) is 22.2 Å². The fourth-order valence-corrected chi connectivity index (χ4v) is 6.60. The maximum Gasteiger partial charge on any atom is 0.0663 e. The number of aromatic nitrogens is 2. The maximum atomic E-state index is 4.54. The fraction of sp³-hybridized carbons (Fsp3) is 0.0278. The number of para-hydroxylation sites is 2. The summed E-state index contributed by atoms with van der Waals surface area (Å²) in [6, 6.07) is 44.3. The van der Waals surface area contributed by atoms with Gasteiger partial charge in [-0.15, -0.1) is 0 Å². The van der Waals surface area contributed by atoms with E-state index in [0.29, 0.717) is 0 Å². The molecule has 3 nitrogen and oxygen atoms in total. The number of hydrogen-bond donors (Lipinski definition) is 0. The average molecular weight is 498 g/mol. The van der Waals surface area contributed by atoms with Gasteiger partial charge in [-0.3, -0.25) is 4.99 Å². The second-order valence-electron chi connectivity index (χ2n) is 10.4. The zero-order valence-corrected chi connectivity index (χ0v) is 21.2. The molecule has 0 bridgehead atoms. The van der Waals surface area contributed by atoms with E-state index in [1.54, 1.807) is 0 Å². The number of fused-ring (bicyclic) bond motifs is 9. The van der Waals surface area contributed by atoms with Gasteiger partial charge in [-0.1, -0.05) is 72.8 Å².